The molecule has 0 aliphatic carbocycles. The zero-order chi connectivity index (χ0) is 32.2. The number of unbranched alkanes of at least 4 members (excludes halogenated alkanes) is 4. The van der Waals surface area contributed by atoms with Gasteiger partial charge in [0, 0.05) is 12.8 Å². The lowest BCUT2D eigenvalue weighted by Gasteiger charge is -2.16. The molecule has 0 aromatic carbocycles. The van der Waals surface area contributed by atoms with E-state index in [2.05, 4.69) is 52.4 Å². The highest BCUT2D eigenvalue weighted by Crippen LogP contribution is 2.43. The highest BCUT2D eigenvalue weighted by atomic mass is 31.2. The molecular formula is C30H50NO11P. The molecule has 0 fully saturated rings. The number of esters is 2. The highest BCUT2D eigenvalue weighted by Gasteiger charge is 2.24. The summed E-state index contributed by atoms with van der Waals surface area (Å²) in [6, 6.07) is -1.49. The number of phosphoric acid groups is 1. The van der Waals surface area contributed by atoms with E-state index in [1.54, 1.807) is 0 Å². The number of rotatable bonds is 27. The van der Waals surface area contributed by atoms with Crippen molar-refractivity contribution in [3.63, 3.8) is 0 Å². The molecule has 5 N–H and O–H groups in total. The second kappa shape index (κ2) is 27.0. The van der Waals surface area contributed by atoms with Gasteiger partial charge in [0.1, 0.15) is 12.6 Å². The third-order valence-electron chi connectivity index (χ3n) is 5.66. The van der Waals surface area contributed by atoms with Gasteiger partial charge in [-0.15, -0.1) is 0 Å². The van der Waals surface area contributed by atoms with Gasteiger partial charge >= 0.3 is 25.7 Å². The zero-order valence-electron chi connectivity index (χ0n) is 25.2. The number of ether oxygens (including phenoxy) is 2. The summed E-state index contributed by atoms with van der Waals surface area (Å²) in [6.45, 7) is 0.273. The molecule has 0 bridgehead atoms. The number of allylic oxidation sites excluding steroid dienone is 8. The molecule has 0 heterocycles. The lowest BCUT2D eigenvalue weighted by Crippen LogP contribution is -2.34. The highest BCUT2D eigenvalue weighted by molar-refractivity contribution is 7.47. The van der Waals surface area contributed by atoms with Crippen molar-refractivity contribution in [2.24, 2.45) is 5.73 Å². The average Bonchev–Trinajstić information content (AvgIpc) is 2.97. The summed E-state index contributed by atoms with van der Waals surface area (Å²) in [4.78, 5) is 43.9. The first-order valence-corrected chi connectivity index (χ1v) is 16.3. The fourth-order valence-electron chi connectivity index (χ4n) is 3.23. The first-order chi connectivity index (χ1) is 20.6. The summed E-state index contributed by atoms with van der Waals surface area (Å²) in [7, 11) is -4.52. The molecule has 0 aliphatic heterocycles. The van der Waals surface area contributed by atoms with Gasteiger partial charge in [0.2, 0.25) is 0 Å². The van der Waals surface area contributed by atoms with Crippen LogP contribution < -0.4 is 5.73 Å². The Morgan fingerprint density at radius 1 is 0.791 bits per heavy atom. The van der Waals surface area contributed by atoms with Gasteiger partial charge in [0.25, 0.3) is 0 Å². The van der Waals surface area contributed by atoms with Crippen molar-refractivity contribution in [1.82, 2.24) is 0 Å². The minimum absolute atomic E-state index is 0.00120. The van der Waals surface area contributed by atoms with Crippen LogP contribution in [0.15, 0.2) is 48.6 Å². The Bertz CT molecular complexity index is 933. The molecule has 0 spiro atoms. The summed E-state index contributed by atoms with van der Waals surface area (Å²) in [6.07, 6.45) is 24.9. The van der Waals surface area contributed by atoms with Crippen LogP contribution in [0.25, 0.3) is 0 Å². The Hall–Kier alpha value is -2.60. The maximum atomic E-state index is 12.0. The number of nitrogens with two attached hydrogens (primary N) is 1. The molecule has 0 rings (SSSR count). The summed E-state index contributed by atoms with van der Waals surface area (Å²) >= 11 is 0. The Morgan fingerprint density at radius 3 is 1.91 bits per heavy atom. The molecule has 0 aliphatic rings. The number of hydrogen-bond donors (Lipinski definition) is 4. The molecule has 0 aromatic heterocycles. The third kappa shape index (κ3) is 26.7. The van der Waals surface area contributed by atoms with Crippen molar-refractivity contribution in [2.75, 3.05) is 26.4 Å². The first-order valence-electron chi connectivity index (χ1n) is 14.8. The number of carboxylic acid groups (broad SMARTS) is 1. The summed E-state index contributed by atoms with van der Waals surface area (Å²) in [5.41, 5.74) is 5.17. The van der Waals surface area contributed by atoms with Gasteiger partial charge in [-0.3, -0.25) is 23.4 Å². The maximum Gasteiger partial charge on any atom is 0.472 e. The third-order valence-corrected chi connectivity index (χ3v) is 6.64. The molecule has 0 aromatic rings. The van der Waals surface area contributed by atoms with Gasteiger partial charge < -0.3 is 30.3 Å². The monoisotopic (exact) mass is 631 g/mol. The molecule has 3 unspecified atom stereocenters. The molecule has 13 heteroatoms. The van der Waals surface area contributed by atoms with E-state index in [0.717, 1.165) is 25.7 Å². The van der Waals surface area contributed by atoms with Crippen LogP contribution in [0.5, 0.6) is 0 Å². The van der Waals surface area contributed by atoms with E-state index in [-0.39, 0.29) is 32.5 Å². The van der Waals surface area contributed by atoms with Gasteiger partial charge in [0.05, 0.1) is 19.8 Å². The largest absolute Gasteiger partial charge is 0.480 e. The van der Waals surface area contributed by atoms with Crippen molar-refractivity contribution in [2.45, 2.75) is 96.1 Å². The molecule has 0 saturated heterocycles. The molecule has 12 nitrogen and oxygen atoms in total. The van der Waals surface area contributed by atoms with Crippen molar-refractivity contribution in [3.8, 4) is 0 Å². The molecule has 0 saturated carbocycles. The number of aliphatic hydroxyl groups excluding tert-OH is 1. The maximum absolute atomic E-state index is 12.0. The van der Waals surface area contributed by atoms with Crippen molar-refractivity contribution >= 4 is 25.7 Å². The smallest absolute Gasteiger partial charge is 0.472 e. The number of aliphatic hydroxyl groups is 1. The van der Waals surface area contributed by atoms with Crippen LogP contribution in [0.1, 0.15) is 84.0 Å². The standard InChI is InChI=1S/C30H50NO11P/c1-2-3-4-5-6-7-8-9-10-11-12-13-14-15-16-17-18-20-29(34)42-26(23-32)24-39-28(33)21-19-22-40-43(37,38)41-25-27(31)30(35)36/h6-7,9-10,12-13,15-16,26-27,32H,2-5,8,11,14,17-25,31H2,1H3,(H,35,36)(H,37,38)/b7-6-,10-9-,13-12-,16-15-. The van der Waals surface area contributed by atoms with E-state index >= 15 is 0 Å². The average molecular weight is 632 g/mol. The van der Waals surface area contributed by atoms with Crippen molar-refractivity contribution < 1.29 is 52.6 Å². The number of carbonyl (C=O) groups excluding carboxylic acids is 2. The van der Waals surface area contributed by atoms with E-state index in [9.17, 15) is 28.9 Å². The first kappa shape index (κ1) is 40.4. The molecule has 0 amide bonds. The van der Waals surface area contributed by atoms with Crippen LogP contribution in [-0.2, 0) is 37.5 Å². The van der Waals surface area contributed by atoms with Gasteiger partial charge in [-0.1, -0.05) is 68.4 Å². The SMILES string of the molecule is CCCCC/C=C\C/C=C\C/C=C\C/C=C\CCCC(=O)OC(CO)COC(=O)CCCOP(=O)(O)OCC(N)C(=O)O. The Morgan fingerprint density at radius 2 is 1.35 bits per heavy atom. The predicted octanol–water partition coefficient (Wildman–Crippen LogP) is 4.91. The van der Waals surface area contributed by atoms with Crippen molar-refractivity contribution in [3.05, 3.63) is 48.6 Å². The minimum Gasteiger partial charge on any atom is -0.480 e. The lowest BCUT2D eigenvalue weighted by molar-refractivity contribution is -0.161. The molecule has 0 radical (unpaired) electrons. The van der Waals surface area contributed by atoms with Crippen LogP contribution >= 0.6 is 7.82 Å². The van der Waals surface area contributed by atoms with E-state index in [4.69, 9.17) is 20.3 Å². The number of hydrogen-bond acceptors (Lipinski definition) is 10. The molecular weight excluding hydrogens is 581 g/mol. The second-order valence-electron chi connectivity index (χ2n) is 9.60. The van der Waals surface area contributed by atoms with Crippen LogP contribution in [0.2, 0.25) is 0 Å². The second-order valence-corrected chi connectivity index (χ2v) is 11.1. The van der Waals surface area contributed by atoms with Gasteiger partial charge in [-0.05, 0) is 51.4 Å². The number of phosphoric ester groups is 1. The summed E-state index contributed by atoms with van der Waals surface area (Å²) in [5, 5.41) is 18.0. The summed E-state index contributed by atoms with van der Waals surface area (Å²) in [5.74, 6) is -2.61. The quantitative estimate of drug-likeness (QED) is 0.0415. The molecule has 43 heavy (non-hydrogen) atoms. The predicted molar refractivity (Wildman–Crippen MR) is 163 cm³/mol. The Kier molecular flexibility index (Phi) is 25.4. The Balaban J connectivity index is 3.93. The van der Waals surface area contributed by atoms with Crippen LogP contribution in [0.3, 0.4) is 0 Å². The fraction of sp³-hybridized carbons (Fsp3) is 0.633. The van der Waals surface area contributed by atoms with E-state index in [0.29, 0.717) is 12.8 Å². The minimum atomic E-state index is -4.52. The fourth-order valence-corrected chi connectivity index (χ4v) is 4.01. The van der Waals surface area contributed by atoms with Crippen LogP contribution in [0.4, 0.5) is 0 Å². The van der Waals surface area contributed by atoms with Crippen LogP contribution in [-0.4, -0.2) is 71.6 Å². The van der Waals surface area contributed by atoms with E-state index < -0.39 is 51.1 Å². The molecule has 246 valence electrons. The van der Waals surface area contributed by atoms with Crippen LogP contribution in [0, 0.1) is 0 Å². The van der Waals surface area contributed by atoms with Gasteiger partial charge in [0.15, 0.2) is 6.10 Å². The topological polar surface area (TPSA) is 192 Å². The zero-order valence-corrected chi connectivity index (χ0v) is 26.1. The van der Waals surface area contributed by atoms with E-state index in [1.165, 1.54) is 19.3 Å². The van der Waals surface area contributed by atoms with Crippen molar-refractivity contribution in [1.29, 1.82) is 0 Å². The Labute approximate surface area is 255 Å². The number of carbonyl (C=O) groups is 3. The number of carboxylic acids is 1. The summed E-state index contributed by atoms with van der Waals surface area (Å²) < 4.78 is 30.8. The lowest BCUT2D eigenvalue weighted by atomic mass is 10.2. The van der Waals surface area contributed by atoms with E-state index in [1.807, 2.05) is 12.2 Å². The normalized spacial score (nSPS) is 14.9. The van der Waals surface area contributed by atoms with Gasteiger partial charge in [-0.2, -0.15) is 0 Å². The number of aliphatic carboxylic acids is 1. The van der Waals surface area contributed by atoms with Gasteiger partial charge in [-0.25, -0.2) is 4.57 Å². The molecule has 3 atom stereocenters.